The minimum atomic E-state index is -3.54. The Morgan fingerprint density at radius 3 is 2.21 bits per heavy atom. The van der Waals surface area contributed by atoms with Gasteiger partial charge in [-0.3, -0.25) is 4.79 Å². The molecule has 1 fully saturated rings. The predicted molar refractivity (Wildman–Crippen MR) is 108 cm³/mol. The Balaban J connectivity index is 1.62. The lowest BCUT2D eigenvalue weighted by molar-refractivity contribution is -0.131. The van der Waals surface area contributed by atoms with Crippen LogP contribution in [-0.4, -0.2) is 56.8 Å². The molecule has 150 valence electrons. The zero-order valence-corrected chi connectivity index (χ0v) is 17.3. The van der Waals surface area contributed by atoms with Crippen molar-refractivity contribution in [1.29, 1.82) is 0 Å². The Morgan fingerprint density at radius 2 is 1.64 bits per heavy atom. The first kappa shape index (κ1) is 20.4. The average molecular weight is 403 g/mol. The normalized spacial score (nSPS) is 15.5. The summed E-state index contributed by atoms with van der Waals surface area (Å²) in [6.07, 6.45) is 0.299. The second kappa shape index (κ2) is 8.32. The lowest BCUT2D eigenvalue weighted by atomic mass is 10.1. The molecule has 1 amide bonds. The first-order chi connectivity index (χ1) is 13.3. The number of benzene rings is 2. The molecule has 1 heterocycles. The minimum absolute atomic E-state index is 0.00808. The van der Waals surface area contributed by atoms with Crippen molar-refractivity contribution in [3.05, 3.63) is 59.2 Å². The van der Waals surface area contributed by atoms with Gasteiger partial charge in [0.05, 0.1) is 18.4 Å². The summed E-state index contributed by atoms with van der Waals surface area (Å²) in [5.74, 6) is 0.759. The second-order valence-corrected chi connectivity index (χ2v) is 8.99. The van der Waals surface area contributed by atoms with E-state index in [0.29, 0.717) is 37.5 Å². The van der Waals surface area contributed by atoms with Gasteiger partial charge in [0.1, 0.15) is 5.75 Å². The number of rotatable bonds is 5. The number of piperazine rings is 1. The highest BCUT2D eigenvalue weighted by Gasteiger charge is 2.30. The van der Waals surface area contributed by atoms with Gasteiger partial charge in [-0.05, 0) is 43.2 Å². The van der Waals surface area contributed by atoms with E-state index in [1.165, 1.54) is 4.31 Å². The van der Waals surface area contributed by atoms with Crippen molar-refractivity contribution in [3.8, 4) is 5.75 Å². The Morgan fingerprint density at radius 1 is 1.00 bits per heavy atom. The predicted octanol–water partition coefficient (Wildman–Crippen LogP) is 2.39. The highest BCUT2D eigenvalue weighted by atomic mass is 32.2. The van der Waals surface area contributed by atoms with Gasteiger partial charge in [0.15, 0.2) is 0 Å². The molecule has 3 rings (SSSR count). The molecule has 0 spiro atoms. The first-order valence-corrected chi connectivity index (χ1v) is 10.7. The van der Waals surface area contributed by atoms with E-state index in [-0.39, 0.29) is 5.91 Å². The third-order valence-electron chi connectivity index (χ3n) is 5.05. The molecule has 0 saturated carbocycles. The molecule has 7 heteroatoms. The fourth-order valence-corrected chi connectivity index (χ4v) is 5.06. The molecule has 1 aliphatic heterocycles. The number of amides is 1. The maximum atomic E-state index is 13.0. The van der Waals surface area contributed by atoms with Crippen molar-refractivity contribution in [2.75, 3.05) is 33.3 Å². The molecule has 0 bridgehead atoms. The van der Waals surface area contributed by atoms with E-state index in [1.807, 2.05) is 50.2 Å². The molecule has 0 N–H and O–H groups in total. The lowest BCUT2D eigenvalue weighted by Gasteiger charge is -2.34. The van der Waals surface area contributed by atoms with Gasteiger partial charge in [0, 0.05) is 26.2 Å². The maximum Gasteiger partial charge on any atom is 0.243 e. The van der Waals surface area contributed by atoms with Crippen LogP contribution in [0.3, 0.4) is 0 Å². The van der Waals surface area contributed by atoms with Crippen LogP contribution in [0.15, 0.2) is 47.4 Å². The highest BCUT2D eigenvalue weighted by molar-refractivity contribution is 7.89. The lowest BCUT2D eigenvalue weighted by Crippen LogP contribution is -2.50. The number of aryl methyl sites for hydroxylation is 2. The third-order valence-corrected chi connectivity index (χ3v) is 7.11. The van der Waals surface area contributed by atoms with Crippen LogP contribution in [0.5, 0.6) is 5.75 Å². The number of nitrogens with zero attached hydrogens (tertiary/aromatic N) is 2. The van der Waals surface area contributed by atoms with Crippen LogP contribution in [0.1, 0.15) is 16.7 Å². The molecule has 0 aromatic heterocycles. The average Bonchev–Trinajstić information content (AvgIpc) is 2.68. The van der Waals surface area contributed by atoms with Crippen molar-refractivity contribution in [1.82, 2.24) is 9.21 Å². The van der Waals surface area contributed by atoms with Gasteiger partial charge in [-0.2, -0.15) is 4.31 Å². The molecule has 0 atom stereocenters. The van der Waals surface area contributed by atoms with Crippen LogP contribution >= 0.6 is 0 Å². The molecule has 28 heavy (non-hydrogen) atoms. The van der Waals surface area contributed by atoms with E-state index in [9.17, 15) is 13.2 Å². The number of carbonyl (C=O) groups is 1. The van der Waals surface area contributed by atoms with Crippen LogP contribution in [-0.2, 0) is 21.2 Å². The molecule has 0 aliphatic carbocycles. The van der Waals surface area contributed by atoms with Crippen LogP contribution in [0.25, 0.3) is 0 Å². The summed E-state index contributed by atoms with van der Waals surface area (Å²) in [5, 5.41) is 0. The Hall–Kier alpha value is -2.38. The van der Waals surface area contributed by atoms with Crippen LogP contribution in [0, 0.1) is 13.8 Å². The zero-order valence-electron chi connectivity index (χ0n) is 16.5. The zero-order chi connectivity index (χ0) is 20.3. The Labute approximate surface area is 166 Å². The summed E-state index contributed by atoms with van der Waals surface area (Å²) >= 11 is 0. The molecule has 0 unspecified atom stereocenters. The van der Waals surface area contributed by atoms with Gasteiger partial charge in [0.25, 0.3) is 0 Å². The molecule has 1 saturated heterocycles. The van der Waals surface area contributed by atoms with Gasteiger partial charge in [-0.25, -0.2) is 8.42 Å². The summed E-state index contributed by atoms with van der Waals surface area (Å²) in [6.45, 7) is 5.18. The Bertz CT molecular complexity index is 947. The number of hydrogen-bond donors (Lipinski definition) is 0. The van der Waals surface area contributed by atoms with Gasteiger partial charge >= 0.3 is 0 Å². The second-order valence-electron chi connectivity index (χ2n) is 7.08. The molecule has 6 nitrogen and oxygen atoms in total. The van der Waals surface area contributed by atoms with E-state index in [4.69, 9.17) is 4.74 Å². The number of ether oxygens (including phenoxy) is 1. The van der Waals surface area contributed by atoms with E-state index in [0.717, 1.165) is 22.4 Å². The summed E-state index contributed by atoms with van der Waals surface area (Å²) < 4.78 is 32.5. The van der Waals surface area contributed by atoms with Crippen molar-refractivity contribution >= 4 is 15.9 Å². The van der Waals surface area contributed by atoms with Crippen molar-refractivity contribution in [3.63, 3.8) is 0 Å². The summed E-state index contributed by atoms with van der Waals surface area (Å²) in [4.78, 5) is 14.6. The maximum absolute atomic E-state index is 13.0. The van der Waals surface area contributed by atoms with Gasteiger partial charge in [-0.1, -0.05) is 29.8 Å². The third kappa shape index (κ3) is 4.36. The SMILES string of the molecule is COc1ccc(CC(=O)N2CCN(S(=O)(=O)c3ccc(C)cc3C)CC2)cc1. The largest absolute Gasteiger partial charge is 0.497 e. The molecule has 0 radical (unpaired) electrons. The van der Waals surface area contributed by atoms with Crippen molar-refractivity contribution < 1.29 is 17.9 Å². The van der Waals surface area contributed by atoms with Crippen LogP contribution < -0.4 is 4.74 Å². The van der Waals surface area contributed by atoms with Crippen LogP contribution in [0.4, 0.5) is 0 Å². The van der Waals surface area contributed by atoms with Crippen LogP contribution in [0.2, 0.25) is 0 Å². The number of hydrogen-bond acceptors (Lipinski definition) is 4. The van der Waals surface area contributed by atoms with Gasteiger partial charge in [0.2, 0.25) is 15.9 Å². The summed E-state index contributed by atoms with van der Waals surface area (Å²) in [5.41, 5.74) is 2.69. The molecule has 2 aromatic rings. The first-order valence-electron chi connectivity index (χ1n) is 9.29. The highest BCUT2D eigenvalue weighted by Crippen LogP contribution is 2.22. The van der Waals surface area contributed by atoms with Gasteiger partial charge < -0.3 is 9.64 Å². The summed E-state index contributed by atoms with van der Waals surface area (Å²) in [6, 6.07) is 12.8. The number of methoxy groups -OCH3 is 1. The minimum Gasteiger partial charge on any atom is -0.497 e. The summed E-state index contributed by atoms with van der Waals surface area (Å²) in [7, 11) is -1.94. The van der Waals surface area contributed by atoms with Gasteiger partial charge in [-0.15, -0.1) is 0 Å². The fourth-order valence-electron chi connectivity index (χ4n) is 3.44. The monoisotopic (exact) mass is 402 g/mol. The quantitative estimate of drug-likeness (QED) is 0.770. The fraction of sp³-hybridized carbons (Fsp3) is 0.381. The van der Waals surface area contributed by atoms with E-state index in [1.54, 1.807) is 18.1 Å². The molecular weight excluding hydrogens is 376 g/mol. The van der Waals surface area contributed by atoms with E-state index < -0.39 is 10.0 Å². The smallest absolute Gasteiger partial charge is 0.243 e. The Kier molecular flexibility index (Phi) is 6.05. The standard InChI is InChI=1S/C21H26N2O4S/c1-16-4-9-20(17(2)14-16)28(25,26)23-12-10-22(11-13-23)21(24)15-18-5-7-19(27-3)8-6-18/h4-9,14H,10-13,15H2,1-3H3. The molecule has 1 aliphatic rings. The topological polar surface area (TPSA) is 66.9 Å². The van der Waals surface area contributed by atoms with Crippen molar-refractivity contribution in [2.45, 2.75) is 25.2 Å². The van der Waals surface area contributed by atoms with E-state index in [2.05, 4.69) is 0 Å². The molecular formula is C21H26N2O4S. The molecule has 2 aromatic carbocycles. The number of sulfonamides is 1. The van der Waals surface area contributed by atoms with Crippen molar-refractivity contribution in [2.24, 2.45) is 0 Å². The number of carbonyl (C=O) groups excluding carboxylic acids is 1. The van der Waals surface area contributed by atoms with E-state index >= 15 is 0 Å².